The van der Waals surface area contributed by atoms with E-state index in [1.54, 1.807) is 38.4 Å². The average molecular weight is 410 g/mol. The molecule has 0 unspecified atom stereocenters. The summed E-state index contributed by atoms with van der Waals surface area (Å²) in [6, 6.07) is 7.05. The molecule has 0 aromatic heterocycles. The van der Waals surface area contributed by atoms with Gasteiger partial charge in [0.05, 0.1) is 19.4 Å². The van der Waals surface area contributed by atoms with Crippen LogP contribution in [0.25, 0.3) is 0 Å². The Kier molecular flexibility index (Phi) is 8.37. The highest BCUT2D eigenvalue weighted by atomic mass is 32.2. The maximum Gasteiger partial charge on any atom is 0.243 e. The fourth-order valence-electron chi connectivity index (χ4n) is 2.86. The van der Waals surface area contributed by atoms with Crippen LogP contribution in [0.15, 0.2) is 24.3 Å². The van der Waals surface area contributed by atoms with E-state index in [0.29, 0.717) is 11.6 Å². The third kappa shape index (κ3) is 7.03. The van der Waals surface area contributed by atoms with E-state index in [0.717, 1.165) is 29.6 Å². The Bertz CT molecular complexity index is 667. The van der Waals surface area contributed by atoms with Gasteiger partial charge in [-0.05, 0) is 43.0 Å². The molecular formula is C19H27N3O3S2. The van der Waals surface area contributed by atoms with Crippen molar-refractivity contribution < 1.29 is 14.3 Å². The zero-order chi connectivity index (χ0) is 19.8. The molecule has 1 aromatic carbocycles. The van der Waals surface area contributed by atoms with Crippen molar-refractivity contribution >= 4 is 45.8 Å². The number of likely N-dealkylation sites (N-methyl/N-ethyl adjacent to an activating group) is 1. The molecule has 2 rings (SSSR count). The molecule has 8 heteroatoms. The molecule has 0 radical (unpaired) electrons. The number of hydrogen-bond donors (Lipinski definition) is 1. The Balaban J connectivity index is 1.73. The van der Waals surface area contributed by atoms with Crippen LogP contribution in [0.1, 0.15) is 19.8 Å². The van der Waals surface area contributed by atoms with Crippen LogP contribution in [0, 0.1) is 5.92 Å². The van der Waals surface area contributed by atoms with Crippen molar-refractivity contribution in [3.63, 3.8) is 0 Å². The van der Waals surface area contributed by atoms with E-state index in [4.69, 9.17) is 17.0 Å². The van der Waals surface area contributed by atoms with E-state index in [-0.39, 0.29) is 24.1 Å². The van der Waals surface area contributed by atoms with Crippen LogP contribution in [-0.4, -0.2) is 65.5 Å². The van der Waals surface area contributed by atoms with Crippen molar-refractivity contribution in [1.82, 2.24) is 9.80 Å². The standard InChI is InChI=1S/C19H27N3O3S2/c1-14-5-4-10-22(11-14)19(26)27-13-18(24)21(2)12-17(23)20-15-6-8-16(25-3)9-7-15/h6-9,14H,4-5,10-13H2,1-3H3,(H,20,23)/t14-/m0/s1. The van der Waals surface area contributed by atoms with Crippen LogP contribution in [0.4, 0.5) is 5.69 Å². The van der Waals surface area contributed by atoms with Crippen molar-refractivity contribution in [1.29, 1.82) is 0 Å². The van der Waals surface area contributed by atoms with Gasteiger partial charge in [0.15, 0.2) is 0 Å². The number of nitrogens with zero attached hydrogens (tertiary/aromatic N) is 2. The van der Waals surface area contributed by atoms with Crippen molar-refractivity contribution in [2.45, 2.75) is 19.8 Å². The summed E-state index contributed by atoms with van der Waals surface area (Å²) >= 11 is 6.83. The topological polar surface area (TPSA) is 61.9 Å². The fraction of sp³-hybridized carbons (Fsp3) is 0.526. The van der Waals surface area contributed by atoms with E-state index in [2.05, 4.69) is 17.1 Å². The average Bonchev–Trinajstić information content (AvgIpc) is 2.66. The number of rotatable bonds is 6. The van der Waals surface area contributed by atoms with Crippen molar-refractivity contribution in [2.24, 2.45) is 5.92 Å². The first-order valence-corrected chi connectivity index (χ1v) is 10.4. The minimum Gasteiger partial charge on any atom is -0.497 e. The molecule has 1 N–H and O–H groups in total. The van der Waals surface area contributed by atoms with E-state index in [1.807, 2.05) is 0 Å². The highest BCUT2D eigenvalue weighted by molar-refractivity contribution is 8.23. The predicted octanol–water partition coefficient (Wildman–Crippen LogP) is 2.84. The van der Waals surface area contributed by atoms with Crippen LogP contribution in [-0.2, 0) is 9.59 Å². The van der Waals surface area contributed by atoms with Gasteiger partial charge < -0.3 is 19.9 Å². The minimum absolute atomic E-state index is 0.00106. The summed E-state index contributed by atoms with van der Waals surface area (Å²) in [5.74, 6) is 1.25. The van der Waals surface area contributed by atoms with Crippen LogP contribution in [0.5, 0.6) is 5.75 Å². The zero-order valence-corrected chi connectivity index (χ0v) is 17.7. The zero-order valence-electron chi connectivity index (χ0n) is 16.1. The number of hydrogen-bond acceptors (Lipinski definition) is 5. The lowest BCUT2D eigenvalue weighted by Gasteiger charge is -2.32. The van der Waals surface area contributed by atoms with Gasteiger partial charge in [-0.2, -0.15) is 0 Å². The maximum atomic E-state index is 12.3. The van der Waals surface area contributed by atoms with Gasteiger partial charge in [0.1, 0.15) is 10.1 Å². The molecule has 1 atom stereocenters. The summed E-state index contributed by atoms with van der Waals surface area (Å²) in [5, 5.41) is 2.77. The number of likely N-dealkylation sites (tertiary alicyclic amines) is 1. The largest absolute Gasteiger partial charge is 0.497 e. The molecule has 27 heavy (non-hydrogen) atoms. The van der Waals surface area contributed by atoms with Gasteiger partial charge in [-0.1, -0.05) is 30.9 Å². The van der Waals surface area contributed by atoms with E-state index in [1.165, 1.54) is 23.1 Å². The molecule has 6 nitrogen and oxygen atoms in total. The lowest BCUT2D eigenvalue weighted by Crippen LogP contribution is -2.39. The first kappa shape index (κ1) is 21.5. The van der Waals surface area contributed by atoms with Gasteiger partial charge >= 0.3 is 0 Å². The first-order valence-electron chi connectivity index (χ1n) is 8.98. The number of benzene rings is 1. The Morgan fingerprint density at radius 3 is 2.70 bits per heavy atom. The lowest BCUT2D eigenvalue weighted by atomic mass is 10.0. The van der Waals surface area contributed by atoms with Crippen molar-refractivity contribution in [3.05, 3.63) is 24.3 Å². The van der Waals surface area contributed by atoms with Gasteiger partial charge in [-0.15, -0.1) is 0 Å². The predicted molar refractivity (Wildman–Crippen MR) is 114 cm³/mol. The number of nitrogens with one attached hydrogen (secondary N) is 1. The van der Waals surface area contributed by atoms with Crippen LogP contribution < -0.4 is 10.1 Å². The molecule has 1 heterocycles. The van der Waals surface area contributed by atoms with Gasteiger partial charge in [-0.25, -0.2) is 0 Å². The number of thioether (sulfide) groups is 1. The quantitative estimate of drug-likeness (QED) is 0.729. The molecule has 0 aliphatic carbocycles. The Hall–Kier alpha value is -1.80. The number of thiocarbonyl (C=S) groups is 1. The maximum absolute atomic E-state index is 12.3. The number of methoxy groups -OCH3 is 1. The van der Waals surface area contributed by atoms with E-state index < -0.39 is 0 Å². The summed E-state index contributed by atoms with van der Waals surface area (Å²) in [6.07, 6.45) is 2.37. The summed E-state index contributed by atoms with van der Waals surface area (Å²) < 4.78 is 5.85. The highest BCUT2D eigenvalue weighted by Crippen LogP contribution is 2.20. The summed E-state index contributed by atoms with van der Waals surface area (Å²) in [4.78, 5) is 28.0. The Labute approximate surface area is 170 Å². The SMILES string of the molecule is COc1ccc(NC(=O)CN(C)C(=O)CSC(=S)N2CCC[C@H](C)C2)cc1. The van der Waals surface area contributed by atoms with Gasteiger partial charge in [0.2, 0.25) is 11.8 Å². The van der Waals surface area contributed by atoms with Crippen molar-refractivity contribution in [2.75, 3.05) is 44.9 Å². The molecule has 1 aromatic rings. The Morgan fingerprint density at radius 2 is 2.07 bits per heavy atom. The number of carbonyl (C=O) groups is 2. The number of carbonyl (C=O) groups excluding carboxylic acids is 2. The second kappa shape index (κ2) is 10.5. The monoisotopic (exact) mass is 409 g/mol. The normalized spacial score (nSPS) is 16.6. The van der Waals surface area contributed by atoms with Crippen molar-refractivity contribution in [3.8, 4) is 5.75 Å². The molecule has 1 saturated heterocycles. The van der Waals surface area contributed by atoms with E-state index in [9.17, 15) is 9.59 Å². The number of piperidine rings is 1. The van der Waals surface area contributed by atoms with E-state index >= 15 is 0 Å². The van der Waals surface area contributed by atoms with Crippen LogP contribution >= 0.6 is 24.0 Å². The third-order valence-corrected chi connectivity index (χ3v) is 5.92. The number of anilines is 1. The molecule has 0 spiro atoms. The number of amides is 2. The molecule has 2 amide bonds. The second-order valence-corrected chi connectivity index (χ2v) is 8.38. The third-order valence-electron chi connectivity index (χ3n) is 4.41. The molecule has 0 bridgehead atoms. The minimum atomic E-state index is -0.242. The molecule has 1 fully saturated rings. The molecule has 1 aliphatic rings. The smallest absolute Gasteiger partial charge is 0.243 e. The fourth-order valence-corrected chi connectivity index (χ4v) is 4.02. The van der Waals surface area contributed by atoms with Gasteiger partial charge in [0, 0.05) is 25.8 Å². The van der Waals surface area contributed by atoms with Gasteiger partial charge in [0.25, 0.3) is 0 Å². The molecule has 1 aliphatic heterocycles. The molecular weight excluding hydrogens is 382 g/mol. The van der Waals surface area contributed by atoms with Crippen LogP contribution in [0.2, 0.25) is 0 Å². The number of ether oxygens (including phenoxy) is 1. The Morgan fingerprint density at radius 1 is 1.37 bits per heavy atom. The summed E-state index contributed by atoms with van der Waals surface area (Å²) in [7, 11) is 3.21. The molecule has 148 valence electrons. The van der Waals surface area contributed by atoms with Crippen LogP contribution in [0.3, 0.4) is 0 Å². The first-order chi connectivity index (χ1) is 12.9. The summed E-state index contributed by atoms with van der Waals surface area (Å²) in [5.41, 5.74) is 0.663. The second-order valence-electron chi connectivity index (χ2n) is 6.77. The molecule has 0 saturated carbocycles. The highest BCUT2D eigenvalue weighted by Gasteiger charge is 2.20. The summed E-state index contributed by atoms with van der Waals surface area (Å²) in [6.45, 7) is 4.14. The van der Waals surface area contributed by atoms with Gasteiger partial charge in [-0.3, -0.25) is 9.59 Å². The lowest BCUT2D eigenvalue weighted by molar-refractivity contribution is -0.131.